The normalized spacial score (nSPS) is 13.2. The number of nitrogens with zero attached hydrogens (tertiary/aromatic N) is 6. The number of allylic oxidation sites excluding steroid dienone is 1. The van der Waals surface area contributed by atoms with E-state index in [0.717, 1.165) is 11.2 Å². The Labute approximate surface area is 150 Å². The van der Waals surface area contributed by atoms with E-state index in [9.17, 15) is 0 Å². The van der Waals surface area contributed by atoms with Gasteiger partial charge in [-0.15, -0.1) is 5.11 Å². The number of imidazole rings is 1. The third-order valence-electron chi connectivity index (χ3n) is 3.87. The lowest BCUT2D eigenvalue weighted by molar-refractivity contribution is 0.856. The zero-order valence-electron chi connectivity index (χ0n) is 14.5. The molecule has 3 heterocycles. The van der Waals surface area contributed by atoms with Gasteiger partial charge in [0.1, 0.15) is 5.65 Å². The van der Waals surface area contributed by atoms with Crippen LogP contribution in [-0.2, 0) is 0 Å². The van der Waals surface area contributed by atoms with Crippen LogP contribution in [0, 0.1) is 5.53 Å². The summed E-state index contributed by atoms with van der Waals surface area (Å²) in [4.78, 5) is 16.9. The molecule has 26 heavy (non-hydrogen) atoms. The molecule has 0 saturated carbocycles. The number of nitrogens with one attached hydrogen (secondary N) is 2. The maximum atomic E-state index is 7.33. The minimum Gasteiger partial charge on any atom is -0.404 e. The van der Waals surface area contributed by atoms with Crippen LogP contribution in [0.15, 0.2) is 53.2 Å². The summed E-state index contributed by atoms with van der Waals surface area (Å²) in [6, 6.07) is 3.85. The van der Waals surface area contributed by atoms with Crippen molar-refractivity contribution in [3.63, 3.8) is 0 Å². The highest BCUT2D eigenvalue weighted by molar-refractivity contribution is 6.08. The average Bonchev–Trinajstić information content (AvgIpc) is 3.13. The lowest BCUT2D eigenvalue weighted by Gasteiger charge is -2.16. The second-order valence-corrected chi connectivity index (χ2v) is 5.57. The Hall–Kier alpha value is -3.62. The number of hydrogen-bond donors (Lipinski definition) is 3. The van der Waals surface area contributed by atoms with E-state index in [2.05, 4.69) is 30.4 Å². The number of nitrogens with two attached hydrogens (primary N) is 1. The molecule has 0 spiro atoms. The summed E-state index contributed by atoms with van der Waals surface area (Å²) < 4.78 is 1.94. The highest BCUT2D eigenvalue weighted by Gasteiger charge is 2.14. The Kier molecular flexibility index (Phi) is 4.97. The topological polar surface area (TPSA) is 130 Å². The number of fused-ring (bicyclic) bond motifs is 1. The Bertz CT molecular complexity index is 987. The molecule has 0 aliphatic carbocycles. The molecule has 4 N–H and O–H groups in total. The van der Waals surface area contributed by atoms with E-state index in [4.69, 9.17) is 11.3 Å². The monoisotopic (exact) mass is 349 g/mol. The predicted octanol–water partition coefficient (Wildman–Crippen LogP) is 2.96. The first-order valence-corrected chi connectivity index (χ1v) is 7.94. The summed E-state index contributed by atoms with van der Waals surface area (Å²) >= 11 is 0. The van der Waals surface area contributed by atoms with Crippen LogP contribution in [0.1, 0.15) is 24.2 Å². The van der Waals surface area contributed by atoms with Gasteiger partial charge in [-0.05, 0) is 18.6 Å². The maximum Gasteiger partial charge on any atom is 0.216 e. The molecule has 0 bridgehead atoms. The van der Waals surface area contributed by atoms with Crippen LogP contribution in [0.3, 0.4) is 0 Å². The molecule has 0 saturated heterocycles. The van der Waals surface area contributed by atoms with Gasteiger partial charge in [-0.3, -0.25) is 4.99 Å². The number of pyridine rings is 1. The van der Waals surface area contributed by atoms with Crippen molar-refractivity contribution in [1.29, 1.82) is 5.53 Å². The zero-order valence-corrected chi connectivity index (χ0v) is 14.5. The Morgan fingerprint density at radius 2 is 2.23 bits per heavy atom. The van der Waals surface area contributed by atoms with Crippen molar-refractivity contribution in [2.24, 2.45) is 15.8 Å². The Balaban J connectivity index is 1.92. The Morgan fingerprint density at radius 3 is 2.96 bits per heavy atom. The molecule has 9 heteroatoms. The number of aromatic nitrogens is 4. The molecule has 3 aromatic rings. The zero-order chi connectivity index (χ0) is 18.5. The van der Waals surface area contributed by atoms with Crippen LogP contribution in [0.5, 0.6) is 0 Å². The lowest BCUT2D eigenvalue weighted by Crippen LogP contribution is -2.10. The fraction of sp³-hybridized carbons (Fsp3) is 0.176. The van der Waals surface area contributed by atoms with E-state index in [1.54, 1.807) is 19.5 Å². The molecule has 0 unspecified atom stereocenters. The van der Waals surface area contributed by atoms with Crippen molar-refractivity contribution in [2.45, 2.75) is 13.0 Å². The molecule has 3 aromatic heterocycles. The minimum absolute atomic E-state index is 0.0861. The average molecular weight is 349 g/mol. The molecular formula is C17H19N9. The van der Waals surface area contributed by atoms with Crippen molar-refractivity contribution in [2.75, 3.05) is 12.4 Å². The van der Waals surface area contributed by atoms with Crippen LogP contribution >= 0.6 is 0 Å². The van der Waals surface area contributed by atoms with Crippen molar-refractivity contribution in [3.05, 3.63) is 54.4 Å². The molecule has 3 rings (SSSR count). The van der Waals surface area contributed by atoms with Gasteiger partial charge in [0.25, 0.3) is 0 Å². The number of rotatable bonds is 6. The van der Waals surface area contributed by atoms with Gasteiger partial charge in [0, 0.05) is 43.6 Å². The lowest BCUT2D eigenvalue weighted by atomic mass is 10.1. The van der Waals surface area contributed by atoms with Gasteiger partial charge < -0.3 is 15.5 Å². The summed E-state index contributed by atoms with van der Waals surface area (Å²) in [7, 11) is 1.65. The van der Waals surface area contributed by atoms with E-state index in [0.29, 0.717) is 17.1 Å². The second kappa shape index (κ2) is 7.51. The van der Waals surface area contributed by atoms with Gasteiger partial charge in [-0.2, -0.15) is 0 Å². The smallest absolute Gasteiger partial charge is 0.216 e. The van der Waals surface area contributed by atoms with Crippen molar-refractivity contribution >= 4 is 29.1 Å². The van der Waals surface area contributed by atoms with Gasteiger partial charge in [-0.1, -0.05) is 6.07 Å². The van der Waals surface area contributed by atoms with E-state index < -0.39 is 0 Å². The van der Waals surface area contributed by atoms with Crippen molar-refractivity contribution in [3.8, 4) is 0 Å². The fourth-order valence-electron chi connectivity index (χ4n) is 2.52. The third kappa shape index (κ3) is 3.41. The molecular weight excluding hydrogens is 330 g/mol. The van der Waals surface area contributed by atoms with Crippen LogP contribution in [-0.4, -0.2) is 32.6 Å². The fourth-order valence-corrected chi connectivity index (χ4v) is 2.52. The molecule has 0 aliphatic rings. The molecule has 0 aromatic carbocycles. The first-order chi connectivity index (χ1) is 12.7. The second-order valence-electron chi connectivity index (χ2n) is 5.57. The minimum atomic E-state index is -0.0861. The highest BCUT2D eigenvalue weighted by atomic mass is 15.1. The van der Waals surface area contributed by atoms with Gasteiger partial charge in [0.15, 0.2) is 5.82 Å². The summed E-state index contributed by atoms with van der Waals surface area (Å²) in [5, 5.41) is 6.71. The summed E-state index contributed by atoms with van der Waals surface area (Å²) in [6.45, 7) is 1.99. The molecule has 132 valence electrons. The number of hydrogen-bond acceptors (Lipinski definition) is 8. The molecule has 0 aliphatic heterocycles. The van der Waals surface area contributed by atoms with Gasteiger partial charge in [0.05, 0.1) is 17.9 Å². The van der Waals surface area contributed by atoms with Crippen LogP contribution in [0.2, 0.25) is 0 Å². The number of anilines is 1. The predicted molar refractivity (Wildman–Crippen MR) is 101 cm³/mol. The first-order valence-electron chi connectivity index (χ1n) is 7.94. The van der Waals surface area contributed by atoms with Gasteiger partial charge in [0.2, 0.25) is 5.82 Å². The molecule has 0 amide bonds. The summed E-state index contributed by atoms with van der Waals surface area (Å²) in [6.07, 6.45) is 10.2. The van der Waals surface area contributed by atoms with Gasteiger partial charge in [-0.25, -0.2) is 20.5 Å². The highest BCUT2D eigenvalue weighted by Crippen LogP contribution is 2.26. The molecule has 9 nitrogen and oxygen atoms in total. The molecule has 0 fully saturated rings. The summed E-state index contributed by atoms with van der Waals surface area (Å²) in [5.41, 5.74) is 16.0. The largest absolute Gasteiger partial charge is 0.404 e. The SMILES string of the molecule is CN=CC(=CN)c1cnc(N=N)c(N[C@@H](C)c2ccc3nccn3c2)n1. The van der Waals surface area contributed by atoms with E-state index in [1.807, 2.05) is 35.9 Å². The van der Waals surface area contributed by atoms with Gasteiger partial charge >= 0.3 is 0 Å². The maximum absolute atomic E-state index is 7.33. The van der Waals surface area contributed by atoms with E-state index >= 15 is 0 Å². The Morgan fingerprint density at radius 1 is 1.38 bits per heavy atom. The first kappa shape index (κ1) is 17.2. The molecule has 1 atom stereocenters. The van der Waals surface area contributed by atoms with Crippen LogP contribution in [0.25, 0.3) is 11.2 Å². The van der Waals surface area contributed by atoms with Crippen LogP contribution < -0.4 is 11.1 Å². The standard InChI is InChI=1S/C17H19N9/c1-11(12-3-4-15-21-5-6-26(15)10-12)23-17-16(25-19)22-9-14(24-17)13(7-18)8-20-2/h3-11,19H,18H2,1-2H3,(H,23,24)/t11-/m0/s1. The molecule has 0 radical (unpaired) electrons. The quantitative estimate of drug-likeness (QED) is 0.465. The van der Waals surface area contributed by atoms with E-state index in [1.165, 1.54) is 12.4 Å². The summed E-state index contributed by atoms with van der Waals surface area (Å²) in [5.74, 6) is 0.605. The van der Waals surface area contributed by atoms with E-state index in [-0.39, 0.29) is 11.9 Å². The van der Waals surface area contributed by atoms with Crippen molar-refractivity contribution in [1.82, 2.24) is 19.4 Å². The van der Waals surface area contributed by atoms with Crippen LogP contribution in [0.4, 0.5) is 11.6 Å². The van der Waals surface area contributed by atoms with Crippen molar-refractivity contribution < 1.29 is 0 Å². The third-order valence-corrected chi connectivity index (χ3v) is 3.87. The number of aliphatic imine (C=N–C) groups is 1.